The molecule has 1 atom stereocenters. The molecule has 3 N–H and O–H groups in total. The fraction of sp³-hybridized carbons (Fsp3) is 0.500. The van der Waals surface area contributed by atoms with Crippen LogP contribution in [0.2, 0.25) is 0 Å². The second-order valence-electron chi connectivity index (χ2n) is 2.61. The Balaban J connectivity index is 3.04. The molecule has 14 heavy (non-hydrogen) atoms. The monoisotopic (exact) mass is 199 g/mol. The van der Waals surface area contributed by atoms with Crippen LogP contribution in [0.25, 0.3) is 0 Å². The normalized spacial score (nSPS) is 12.3. The largest absolute Gasteiger partial charge is 0.481 e. The lowest BCUT2D eigenvalue weighted by Crippen LogP contribution is -2.16. The molecule has 0 spiro atoms. The van der Waals surface area contributed by atoms with E-state index in [1.54, 1.807) is 0 Å². The molecule has 1 aromatic rings. The first-order valence-corrected chi connectivity index (χ1v) is 4.04. The van der Waals surface area contributed by atoms with E-state index in [1.807, 2.05) is 0 Å². The topological polar surface area (TPSA) is 90.5 Å². The van der Waals surface area contributed by atoms with E-state index in [1.165, 1.54) is 20.4 Å². The Morgan fingerprint density at radius 3 is 2.71 bits per heavy atom. The summed E-state index contributed by atoms with van der Waals surface area (Å²) >= 11 is 0. The van der Waals surface area contributed by atoms with Crippen LogP contribution in [-0.2, 0) is 0 Å². The molecular weight excluding hydrogens is 186 g/mol. The highest BCUT2D eigenvalue weighted by atomic mass is 16.5. The van der Waals surface area contributed by atoms with Crippen LogP contribution in [0.1, 0.15) is 11.6 Å². The number of nitrogens with two attached hydrogens (primary N) is 1. The van der Waals surface area contributed by atoms with Crippen molar-refractivity contribution in [3.05, 3.63) is 11.8 Å². The summed E-state index contributed by atoms with van der Waals surface area (Å²) in [4.78, 5) is 7.80. The van der Waals surface area contributed by atoms with E-state index >= 15 is 0 Å². The fourth-order valence-corrected chi connectivity index (χ4v) is 0.975. The van der Waals surface area contributed by atoms with Gasteiger partial charge in [-0.1, -0.05) is 0 Å². The summed E-state index contributed by atoms with van der Waals surface area (Å²) in [6, 6.07) is -0.341. The predicted octanol–water partition coefficient (Wildman–Crippen LogP) is -0.514. The van der Waals surface area contributed by atoms with Crippen LogP contribution in [-0.4, -0.2) is 35.9 Å². The highest BCUT2D eigenvalue weighted by Crippen LogP contribution is 2.21. The van der Waals surface area contributed by atoms with E-state index in [2.05, 4.69) is 9.97 Å². The zero-order chi connectivity index (χ0) is 10.6. The van der Waals surface area contributed by atoms with Gasteiger partial charge in [0.05, 0.1) is 32.4 Å². The summed E-state index contributed by atoms with van der Waals surface area (Å²) in [7, 11) is 2.93. The Bertz CT molecular complexity index is 306. The molecule has 0 fully saturated rings. The van der Waals surface area contributed by atoms with E-state index < -0.39 is 6.04 Å². The van der Waals surface area contributed by atoms with Gasteiger partial charge in [-0.2, -0.15) is 4.98 Å². The number of aliphatic hydroxyl groups is 1. The van der Waals surface area contributed by atoms with Gasteiger partial charge in [0.25, 0.3) is 0 Å². The average Bonchev–Trinajstić information content (AvgIpc) is 2.27. The Morgan fingerprint density at radius 1 is 1.50 bits per heavy atom. The molecule has 0 aliphatic rings. The molecule has 0 bridgehead atoms. The second kappa shape index (κ2) is 4.73. The minimum absolute atomic E-state index is 0.188. The maximum absolute atomic E-state index is 8.87. The molecule has 0 amide bonds. The van der Waals surface area contributed by atoms with Crippen molar-refractivity contribution in [1.82, 2.24) is 9.97 Å². The van der Waals surface area contributed by atoms with Crippen molar-refractivity contribution in [3.8, 4) is 11.9 Å². The third-order valence-corrected chi connectivity index (χ3v) is 1.73. The average molecular weight is 199 g/mol. The highest BCUT2D eigenvalue weighted by molar-refractivity contribution is 5.28. The predicted molar refractivity (Wildman–Crippen MR) is 49.2 cm³/mol. The Hall–Kier alpha value is -1.40. The summed E-state index contributed by atoms with van der Waals surface area (Å²) in [5.74, 6) is 0.318. The molecule has 78 valence electrons. The van der Waals surface area contributed by atoms with Crippen molar-refractivity contribution < 1.29 is 14.6 Å². The molecule has 1 aromatic heterocycles. The van der Waals surface area contributed by atoms with Gasteiger partial charge in [0.1, 0.15) is 0 Å². The molecule has 1 unspecified atom stereocenters. The molecule has 0 aromatic carbocycles. The number of methoxy groups -OCH3 is 2. The summed E-state index contributed by atoms with van der Waals surface area (Å²) in [6.45, 7) is -0.188. The number of nitrogens with zero attached hydrogens (tertiary/aromatic N) is 2. The quantitative estimate of drug-likeness (QED) is 0.678. The Labute approximate surface area is 81.7 Å². The number of hydrogen-bond donors (Lipinski definition) is 2. The lowest BCUT2D eigenvalue weighted by Gasteiger charge is -2.11. The first-order valence-electron chi connectivity index (χ1n) is 4.04. The molecule has 0 aliphatic carbocycles. The molecule has 0 saturated carbocycles. The lowest BCUT2D eigenvalue weighted by atomic mass is 10.2. The van der Waals surface area contributed by atoms with Crippen molar-refractivity contribution in [2.75, 3.05) is 20.8 Å². The van der Waals surface area contributed by atoms with E-state index in [0.717, 1.165) is 0 Å². The summed E-state index contributed by atoms with van der Waals surface area (Å²) in [5.41, 5.74) is 6.16. The first kappa shape index (κ1) is 10.7. The van der Waals surface area contributed by atoms with Crippen LogP contribution in [0, 0.1) is 0 Å². The molecule has 0 aliphatic heterocycles. The van der Waals surface area contributed by atoms with Crippen molar-refractivity contribution >= 4 is 0 Å². The standard InChI is InChI=1S/C8H13N3O3/c1-13-7-5(6(9)4-12)3-10-8(11-7)14-2/h3,6,12H,4,9H2,1-2H3. The molecule has 1 rings (SSSR count). The van der Waals surface area contributed by atoms with E-state index in [4.69, 9.17) is 20.3 Å². The third kappa shape index (κ3) is 2.09. The van der Waals surface area contributed by atoms with Gasteiger partial charge in [-0.3, -0.25) is 0 Å². The number of aliphatic hydroxyl groups excluding tert-OH is 1. The van der Waals surface area contributed by atoms with Crippen molar-refractivity contribution in [3.63, 3.8) is 0 Å². The smallest absolute Gasteiger partial charge is 0.319 e. The lowest BCUT2D eigenvalue weighted by molar-refractivity contribution is 0.262. The molecule has 6 heteroatoms. The van der Waals surface area contributed by atoms with Gasteiger partial charge in [0.15, 0.2) is 0 Å². The summed E-state index contributed by atoms with van der Waals surface area (Å²) in [6.07, 6.45) is 1.48. The maximum Gasteiger partial charge on any atom is 0.319 e. The number of ether oxygens (including phenoxy) is 2. The number of aromatic nitrogens is 2. The zero-order valence-electron chi connectivity index (χ0n) is 8.10. The maximum atomic E-state index is 8.87. The molecule has 0 radical (unpaired) electrons. The van der Waals surface area contributed by atoms with Crippen LogP contribution < -0.4 is 15.2 Å². The van der Waals surface area contributed by atoms with Gasteiger partial charge >= 0.3 is 6.01 Å². The van der Waals surface area contributed by atoms with Gasteiger partial charge in [0.2, 0.25) is 5.88 Å². The van der Waals surface area contributed by atoms with Gasteiger partial charge in [-0.15, -0.1) is 0 Å². The Morgan fingerprint density at radius 2 is 2.21 bits per heavy atom. The minimum atomic E-state index is -0.546. The van der Waals surface area contributed by atoms with Crippen molar-refractivity contribution in [2.45, 2.75) is 6.04 Å². The van der Waals surface area contributed by atoms with Crippen molar-refractivity contribution in [2.24, 2.45) is 5.73 Å². The van der Waals surface area contributed by atoms with E-state index in [0.29, 0.717) is 11.4 Å². The Kier molecular flexibility index (Phi) is 3.61. The minimum Gasteiger partial charge on any atom is -0.481 e. The first-order chi connectivity index (χ1) is 6.72. The van der Waals surface area contributed by atoms with Crippen LogP contribution in [0.3, 0.4) is 0 Å². The summed E-state index contributed by atoms with van der Waals surface area (Å²) in [5, 5.41) is 8.87. The third-order valence-electron chi connectivity index (χ3n) is 1.73. The van der Waals surface area contributed by atoms with Crippen LogP contribution in [0.4, 0.5) is 0 Å². The van der Waals surface area contributed by atoms with Gasteiger partial charge in [-0.05, 0) is 0 Å². The second-order valence-corrected chi connectivity index (χ2v) is 2.61. The van der Waals surface area contributed by atoms with Crippen molar-refractivity contribution in [1.29, 1.82) is 0 Å². The van der Waals surface area contributed by atoms with Crippen LogP contribution >= 0.6 is 0 Å². The SMILES string of the molecule is COc1ncc(C(N)CO)c(OC)n1. The molecule has 6 nitrogen and oxygen atoms in total. The molecular formula is C8H13N3O3. The number of hydrogen-bond acceptors (Lipinski definition) is 6. The van der Waals surface area contributed by atoms with Gasteiger partial charge in [0, 0.05) is 6.20 Å². The van der Waals surface area contributed by atoms with Crippen LogP contribution in [0.15, 0.2) is 6.20 Å². The molecule has 1 heterocycles. The fourth-order valence-electron chi connectivity index (χ4n) is 0.975. The van der Waals surface area contributed by atoms with E-state index in [9.17, 15) is 0 Å². The zero-order valence-corrected chi connectivity index (χ0v) is 8.10. The summed E-state index contributed by atoms with van der Waals surface area (Å²) < 4.78 is 9.81. The molecule has 0 saturated heterocycles. The van der Waals surface area contributed by atoms with Crippen LogP contribution in [0.5, 0.6) is 11.9 Å². The van der Waals surface area contributed by atoms with E-state index in [-0.39, 0.29) is 12.6 Å². The highest BCUT2D eigenvalue weighted by Gasteiger charge is 2.14. The van der Waals surface area contributed by atoms with Gasteiger partial charge in [-0.25, -0.2) is 4.98 Å². The number of rotatable bonds is 4. The van der Waals surface area contributed by atoms with Gasteiger partial charge < -0.3 is 20.3 Å².